The van der Waals surface area contributed by atoms with Crippen molar-refractivity contribution in [1.82, 2.24) is 9.97 Å². The van der Waals surface area contributed by atoms with E-state index in [0.717, 1.165) is 11.5 Å². The number of rotatable bonds is 3. The van der Waals surface area contributed by atoms with Gasteiger partial charge in [0.25, 0.3) is 0 Å². The van der Waals surface area contributed by atoms with E-state index in [1.807, 2.05) is 6.07 Å². The van der Waals surface area contributed by atoms with Crippen molar-refractivity contribution < 1.29 is 0 Å². The summed E-state index contributed by atoms with van der Waals surface area (Å²) in [6, 6.07) is 10.2. The van der Waals surface area contributed by atoms with Gasteiger partial charge in [0, 0.05) is 11.9 Å². The average molecular weight is 213 g/mol. The van der Waals surface area contributed by atoms with Crippen LogP contribution in [0.5, 0.6) is 0 Å². The first-order valence-corrected chi connectivity index (χ1v) is 5.38. The normalized spacial score (nSPS) is 10.4. The summed E-state index contributed by atoms with van der Waals surface area (Å²) in [4.78, 5) is 7.98. The second kappa shape index (κ2) is 4.75. The molecule has 0 bridgehead atoms. The summed E-state index contributed by atoms with van der Waals surface area (Å²) in [6.07, 6.45) is 3.25. The van der Waals surface area contributed by atoms with Crippen LogP contribution in [0.4, 0.5) is 11.5 Å². The summed E-state index contributed by atoms with van der Waals surface area (Å²) in [5, 5.41) is 3.22. The number of nitrogens with zero attached hydrogens (tertiary/aromatic N) is 2. The molecular weight excluding hydrogens is 198 g/mol. The van der Waals surface area contributed by atoms with Gasteiger partial charge in [-0.2, -0.15) is 0 Å². The van der Waals surface area contributed by atoms with E-state index in [0.29, 0.717) is 5.92 Å². The molecule has 2 rings (SSSR count). The molecule has 0 aliphatic carbocycles. The summed E-state index contributed by atoms with van der Waals surface area (Å²) >= 11 is 0. The van der Waals surface area contributed by atoms with Crippen LogP contribution >= 0.6 is 0 Å². The molecule has 0 spiro atoms. The van der Waals surface area contributed by atoms with Gasteiger partial charge >= 0.3 is 0 Å². The molecule has 0 saturated heterocycles. The van der Waals surface area contributed by atoms with Crippen LogP contribution in [0.2, 0.25) is 0 Å². The number of hydrogen-bond acceptors (Lipinski definition) is 3. The summed E-state index contributed by atoms with van der Waals surface area (Å²) in [7, 11) is 0. The van der Waals surface area contributed by atoms with Crippen LogP contribution in [0.1, 0.15) is 25.3 Å². The first-order chi connectivity index (χ1) is 7.75. The molecule has 82 valence electrons. The van der Waals surface area contributed by atoms with Gasteiger partial charge in [-0.3, -0.25) is 0 Å². The fourth-order valence-electron chi connectivity index (χ4n) is 1.46. The van der Waals surface area contributed by atoms with E-state index in [4.69, 9.17) is 0 Å². The predicted octanol–water partition coefficient (Wildman–Crippen LogP) is 3.34. The highest BCUT2D eigenvalue weighted by Crippen LogP contribution is 2.19. The smallest absolute Gasteiger partial charge is 0.133 e. The maximum Gasteiger partial charge on any atom is 0.133 e. The van der Waals surface area contributed by atoms with Crippen LogP contribution in [0.3, 0.4) is 0 Å². The van der Waals surface area contributed by atoms with E-state index < -0.39 is 0 Å². The van der Waals surface area contributed by atoms with E-state index in [-0.39, 0.29) is 0 Å². The van der Waals surface area contributed by atoms with Crippen molar-refractivity contribution in [2.45, 2.75) is 19.8 Å². The van der Waals surface area contributed by atoms with Crippen molar-refractivity contribution in [3.8, 4) is 0 Å². The van der Waals surface area contributed by atoms with Gasteiger partial charge in [-0.1, -0.05) is 26.0 Å². The zero-order chi connectivity index (χ0) is 11.4. The Labute approximate surface area is 95.6 Å². The highest BCUT2D eigenvalue weighted by molar-refractivity contribution is 5.55. The summed E-state index contributed by atoms with van der Waals surface area (Å²) < 4.78 is 0. The molecule has 0 fully saturated rings. The second-order valence-corrected chi connectivity index (χ2v) is 4.00. The third-order valence-corrected chi connectivity index (χ3v) is 2.43. The second-order valence-electron chi connectivity index (χ2n) is 4.00. The van der Waals surface area contributed by atoms with Gasteiger partial charge in [-0.05, 0) is 29.7 Å². The number of anilines is 2. The van der Waals surface area contributed by atoms with Crippen LogP contribution in [-0.2, 0) is 0 Å². The van der Waals surface area contributed by atoms with Crippen LogP contribution in [0.25, 0.3) is 0 Å². The molecule has 0 atom stereocenters. The van der Waals surface area contributed by atoms with Crippen molar-refractivity contribution in [2.75, 3.05) is 5.32 Å². The molecule has 2 aromatic rings. The molecule has 0 unspecified atom stereocenters. The molecule has 3 nitrogen and oxygen atoms in total. The average Bonchev–Trinajstić information content (AvgIpc) is 2.31. The standard InChI is InChI=1S/C13H15N3/c1-10(2)11-3-5-12(6-4-11)16-13-7-8-14-9-15-13/h3-10H,1-2H3,(H,14,15,16). The Morgan fingerprint density at radius 2 is 1.81 bits per heavy atom. The van der Waals surface area contributed by atoms with Crippen LogP contribution in [0.15, 0.2) is 42.9 Å². The predicted molar refractivity (Wildman–Crippen MR) is 65.8 cm³/mol. The minimum atomic E-state index is 0.563. The Balaban J connectivity index is 2.11. The van der Waals surface area contributed by atoms with Crippen LogP contribution in [-0.4, -0.2) is 9.97 Å². The molecule has 16 heavy (non-hydrogen) atoms. The Morgan fingerprint density at radius 3 is 2.38 bits per heavy atom. The maximum atomic E-state index is 4.11. The van der Waals surface area contributed by atoms with Gasteiger partial charge in [0.1, 0.15) is 12.1 Å². The van der Waals surface area contributed by atoms with E-state index >= 15 is 0 Å². The van der Waals surface area contributed by atoms with Crippen LogP contribution in [0, 0.1) is 0 Å². The highest BCUT2D eigenvalue weighted by Gasteiger charge is 1.99. The molecule has 0 aliphatic heterocycles. The summed E-state index contributed by atoms with van der Waals surface area (Å²) in [5.41, 5.74) is 2.39. The van der Waals surface area contributed by atoms with Gasteiger partial charge in [-0.15, -0.1) is 0 Å². The molecule has 1 aromatic carbocycles. The third kappa shape index (κ3) is 2.57. The van der Waals surface area contributed by atoms with Gasteiger partial charge in [-0.25, -0.2) is 9.97 Å². The monoisotopic (exact) mass is 213 g/mol. The Kier molecular flexibility index (Phi) is 3.15. The highest BCUT2D eigenvalue weighted by atomic mass is 15.0. The molecule has 0 amide bonds. The molecule has 0 radical (unpaired) electrons. The largest absolute Gasteiger partial charge is 0.340 e. The fraction of sp³-hybridized carbons (Fsp3) is 0.231. The Hall–Kier alpha value is -1.90. The lowest BCUT2D eigenvalue weighted by Crippen LogP contribution is -1.94. The van der Waals surface area contributed by atoms with E-state index in [1.165, 1.54) is 11.9 Å². The van der Waals surface area contributed by atoms with E-state index in [2.05, 4.69) is 53.4 Å². The minimum Gasteiger partial charge on any atom is -0.340 e. The van der Waals surface area contributed by atoms with Crippen molar-refractivity contribution >= 4 is 11.5 Å². The topological polar surface area (TPSA) is 37.8 Å². The van der Waals surface area contributed by atoms with Gasteiger partial charge < -0.3 is 5.32 Å². The molecule has 0 saturated carbocycles. The van der Waals surface area contributed by atoms with Gasteiger partial charge in [0.05, 0.1) is 0 Å². The Morgan fingerprint density at radius 1 is 1.06 bits per heavy atom. The zero-order valence-corrected chi connectivity index (χ0v) is 9.51. The molecule has 1 N–H and O–H groups in total. The SMILES string of the molecule is CC(C)c1ccc(Nc2ccncn2)cc1. The number of benzene rings is 1. The summed E-state index contributed by atoms with van der Waals surface area (Å²) in [6.45, 7) is 4.37. The van der Waals surface area contributed by atoms with E-state index in [1.54, 1.807) is 6.20 Å². The Bertz CT molecular complexity index is 434. The first kappa shape index (κ1) is 10.6. The van der Waals surface area contributed by atoms with E-state index in [9.17, 15) is 0 Å². The lowest BCUT2D eigenvalue weighted by atomic mass is 10.0. The van der Waals surface area contributed by atoms with Crippen molar-refractivity contribution in [2.24, 2.45) is 0 Å². The molecule has 1 heterocycles. The lowest BCUT2D eigenvalue weighted by Gasteiger charge is -2.08. The maximum absolute atomic E-state index is 4.11. The van der Waals surface area contributed by atoms with Crippen LogP contribution < -0.4 is 5.32 Å². The zero-order valence-electron chi connectivity index (χ0n) is 9.51. The molecular formula is C13H15N3. The summed E-state index contributed by atoms with van der Waals surface area (Å²) in [5.74, 6) is 1.38. The minimum absolute atomic E-state index is 0.563. The third-order valence-electron chi connectivity index (χ3n) is 2.43. The van der Waals surface area contributed by atoms with Crippen molar-refractivity contribution in [1.29, 1.82) is 0 Å². The molecule has 1 aromatic heterocycles. The molecule has 0 aliphatic rings. The lowest BCUT2D eigenvalue weighted by molar-refractivity contribution is 0.867. The van der Waals surface area contributed by atoms with Crippen molar-refractivity contribution in [3.63, 3.8) is 0 Å². The fourth-order valence-corrected chi connectivity index (χ4v) is 1.46. The van der Waals surface area contributed by atoms with Gasteiger partial charge in [0.2, 0.25) is 0 Å². The quantitative estimate of drug-likeness (QED) is 0.849. The van der Waals surface area contributed by atoms with Crippen molar-refractivity contribution in [3.05, 3.63) is 48.4 Å². The number of nitrogens with one attached hydrogen (secondary N) is 1. The molecule has 3 heteroatoms. The first-order valence-electron chi connectivity index (χ1n) is 5.38. The number of hydrogen-bond donors (Lipinski definition) is 1. The van der Waals surface area contributed by atoms with Gasteiger partial charge in [0.15, 0.2) is 0 Å². The number of aromatic nitrogens is 2.